The summed E-state index contributed by atoms with van der Waals surface area (Å²) in [6.07, 6.45) is 1.95. The second-order valence-electron chi connectivity index (χ2n) is 2.06. The Morgan fingerprint density at radius 3 is 2.60 bits per heavy atom. The average molecular weight is 187 g/mol. The molecule has 1 aromatic carbocycles. The fourth-order valence-corrected chi connectivity index (χ4v) is 0.995. The third-order valence-electron chi connectivity index (χ3n) is 1.46. The molecular formula is C8H7GaN. The van der Waals surface area contributed by atoms with Crippen LogP contribution in [0.1, 0.15) is 0 Å². The molecule has 47 valence electrons. The van der Waals surface area contributed by atoms with Crippen molar-refractivity contribution in [3.8, 4) is 0 Å². The van der Waals surface area contributed by atoms with E-state index in [1.807, 2.05) is 18.3 Å². The number of aromatic amines is 1. The molecule has 0 aliphatic rings. The van der Waals surface area contributed by atoms with Gasteiger partial charge in [0.2, 0.25) is 0 Å². The van der Waals surface area contributed by atoms with Gasteiger partial charge in [-0.15, -0.1) is 0 Å². The molecule has 1 N–H and O–H groups in total. The summed E-state index contributed by atoms with van der Waals surface area (Å²) < 4.78 is 0. The van der Waals surface area contributed by atoms with E-state index in [9.17, 15) is 0 Å². The van der Waals surface area contributed by atoms with Crippen molar-refractivity contribution < 1.29 is 0 Å². The van der Waals surface area contributed by atoms with E-state index in [0.717, 1.165) is 0 Å². The Labute approximate surface area is 72.5 Å². The van der Waals surface area contributed by atoms with Crippen molar-refractivity contribution in [2.75, 3.05) is 0 Å². The van der Waals surface area contributed by atoms with Crippen LogP contribution in [0.5, 0.6) is 0 Å². The topological polar surface area (TPSA) is 15.8 Å². The van der Waals surface area contributed by atoms with Crippen LogP contribution in [0.15, 0.2) is 36.5 Å². The van der Waals surface area contributed by atoms with Crippen LogP contribution in [0.4, 0.5) is 0 Å². The van der Waals surface area contributed by atoms with Crippen LogP contribution in [0, 0.1) is 0 Å². The third-order valence-corrected chi connectivity index (χ3v) is 1.46. The van der Waals surface area contributed by atoms with E-state index in [1.54, 1.807) is 0 Å². The number of nitrogens with one attached hydrogen (secondary N) is 1. The van der Waals surface area contributed by atoms with Gasteiger partial charge in [-0.2, -0.15) is 0 Å². The van der Waals surface area contributed by atoms with Gasteiger partial charge in [0.05, 0.1) is 0 Å². The van der Waals surface area contributed by atoms with Crippen molar-refractivity contribution in [1.29, 1.82) is 0 Å². The number of rotatable bonds is 0. The van der Waals surface area contributed by atoms with Gasteiger partial charge in [-0.1, -0.05) is 18.2 Å². The van der Waals surface area contributed by atoms with E-state index >= 15 is 0 Å². The Bertz CT molecular complexity index is 283. The summed E-state index contributed by atoms with van der Waals surface area (Å²) in [7, 11) is 0. The van der Waals surface area contributed by atoms with Crippen LogP contribution in [0.25, 0.3) is 10.9 Å². The van der Waals surface area contributed by atoms with Crippen LogP contribution >= 0.6 is 0 Å². The molecule has 1 aromatic heterocycles. The van der Waals surface area contributed by atoms with Gasteiger partial charge in [-0.25, -0.2) is 0 Å². The summed E-state index contributed by atoms with van der Waals surface area (Å²) >= 11 is 0. The summed E-state index contributed by atoms with van der Waals surface area (Å²) in [6, 6.07) is 10.3. The maximum absolute atomic E-state index is 3.12. The molecule has 10 heavy (non-hydrogen) atoms. The normalized spacial score (nSPS) is 9.20. The Morgan fingerprint density at radius 1 is 1.00 bits per heavy atom. The van der Waals surface area contributed by atoms with Crippen molar-refractivity contribution in [3.63, 3.8) is 0 Å². The minimum Gasteiger partial charge on any atom is -0.361 e. The molecule has 0 atom stereocenters. The van der Waals surface area contributed by atoms with Crippen LogP contribution in [0.3, 0.4) is 0 Å². The monoisotopic (exact) mass is 186 g/mol. The van der Waals surface area contributed by atoms with E-state index in [4.69, 9.17) is 0 Å². The molecular weight excluding hydrogens is 180 g/mol. The molecule has 0 saturated heterocycles. The number of hydrogen-bond acceptors (Lipinski definition) is 0. The second kappa shape index (κ2) is 2.99. The summed E-state index contributed by atoms with van der Waals surface area (Å²) in [5.41, 5.74) is 1.21. The third kappa shape index (κ3) is 1.13. The first-order valence-electron chi connectivity index (χ1n) is 2.99. The van der Waals surface area contributed by atoms with Crippen molar-refractivity contribution in [1.82, 2.24) is 4.98 Å². The SMILES string of the molecule is [Ga].c1ccc2[nH]ccc2c1. The standard InChI is InChI=1S/C8H7N.Ga/c1-2-4-8-7(3-1)5-6-9-8;/h1-6,9H;. The van der Waals surface area contributed by atoms with Crippen molar-refractivity contribution in [3.05, 3.63) is 36.5 Å². The number of benzene rings is 1. The number of aromatic nitrogens is 1. The van der Waals surface area contributed by atoms with E-state index in [0.29, 0.717) is 0 Å². The molecule has 2 rings (SSSR count). The Kier molecular flexibility index (Phi) is 2.24. The van der Waals surface area contributed by atoms with E-state index in [2.05, 4.69) is 23.2 Å². The molecule has 0 spiro atoms. The minimum atomic E-state index is 0. The summed E-state index contributed by atoms with van der Waals surface area (Å²) in [6.45, 7) is 0. The first-order valence-corrected chi connectivity index (χ1v) is 2.99. The maximum Gasteiger partial charge on any atom is 0.0453 e. The van der Waals surface area contributed by atoms with Crippen LogP contribution in [0.2, 0.25) is 0 Å². The van der Waals surface area contributed by atoms with Gasteiger partial charge in [0.1, 0.15) is 0 Å². The predicted octanol–water partition coefficient (Wildman–Crippen LogP) is 1.79. The van der Waals surface area contributed by atoms with Crippen molar-refractivity contribution >= 4 is 30.7 Å². The Hall–Kier alpha value is -0.604. The smallest absolute Gasteiger partial charge is 0.0453 e. The Balaban J connectivity index is 0.000000500. The van der Waals surface area contributed by atoms with E-state index in [-0.39, 0.29) is 19.8 Å². The molecule has 0 unspecified atom stereocenters. The number of hydrogen-bond donors (Lipinski definition) is 1. The van der Waals surface area contributed by atoms with Gasteiger partial charge in [-0.3, -0.25) is 0 Å². The average Bonchev–Trinajstić information content (AvgIpc) is 2.33. The fraction of sp³-hybridized carbons (Fsp3) is 0. The zero-order valence-electron chi connectivity index (χ0n) is 5.54. The van der Waals surface area contributed by atoms with Crippen molar-refractivity contribution in [2.24, 2.45) is 0 Å². The van der Waals surface area contributed by atoms with Gasteiger partial charge in [0.15, 0.2) is 0 Å². The molecule has 0 saturated carbocycles. The molecule has 0 fully saturated rings. The first-order chi connectivity index (χ1) is 4.47. The zero-order valence-corrected chi connectivity index (χ0v) is 7.96. The first kappa shape index (κ1) is 7.50. The fourth-order valence-electron chi connectivity index (χ4n) is 0.995. The number of H-pyrrole nitrogens is 1. The molecule has 0 aliphatic heterocycles. The summed E-state index contributed by atoms with van der Waals surface area (Å²) in [4.78, 5) is 3.12. The molecule has 0 bridgehead atoms. The molecule has 2 heteroatoms. The molecule has 0 aliphatic carbocycles. The molecule has 1 heterocycles. The van der Waals surface area contributed by atoms with E-state index < -0.39 is 0 Å². The summed E-state index contributed by atoms with van der Waals surface area (Å²) in [5.74, 6) is 0. The van der Waals surface area contributed by atoms with E-state index in [1.165, 1.54) is 10.9 Å². The quantitative estimate of drug-likeness (QED) is 0.605. The van der Waals surface area contributed by atoms with Gasteiger partial charge in [-0.05, 0) is 17.5 Å². The van der Waals surface area contributed by atoms with Crippen molar-refractivity contribution in [2.45, 2.75) is 0 Å². The molecule has 1 nitrogen and oxygen atoms in total. The molecule has 2 aromatic rings. The maximum atomic E-state index is 3.12. The number of para-hydroxylation sites is 1. The Morgan fingerprint density at radius 2 is 1.80 bits per heavy atom. The van der Waals surface area contributed by atoms with Gasteiger partial charge < -0.3 is 4.98 Å². The minimum absolute atomic E-state index is 0. The largest absolute Gasteiger partial charge is 0.361 e. The van der Waals surface area contributed by atoms with Gasteiger partial charge in [0, 0.05) is 31.5 Å². The van der Waals surface area contributed by atoms with Crippen LogP contribution in [-0.2, 0) is 0 Å². The zero-order chi connectivity index (χ0) is 6.10. The molecule has 0 amide bonds. The van der Waals surface area contributed by atoms with Gasteiger partial charge in [0.25, 0.3) is 0 Å². The second-order valence-corrected chi connectivity index (χ2v) is 2.06. The van der Waals surface area contributed by atoms with Gasteiger partial charge >= 0.3 is 0 Å². The molecule has 3 radical (unpaired) electrons. The number of fused-ring (bicyclic) bond motifs is 1. The summed E-state index contributed by atoms with van der Waals surface area (Å²) in [5, 5.41) is 1.28. The van der Waals surface area contributed by atoms with Crippen LogP contribution < -0.4 is 0 Å². The predicted molar refractivity (Wildman–Crippen MR) is 44.1 cm³/mol. The van der Waals surface area contributed by atoms with Crippen LogP contribution in [-0.4, -0.2) is 24.8 Å².